The molecule has 120 valence electrons. The summed E-state index contributed by atoms with van der Waals surface area (Å²) in [4.78, 5) is 0. The van der Waals surface area contributed by atoms with E-state index in [0.717, 1.165) is 49.0 Å². The lowest BCUT2D eigenvalue weighted by Crippen LogP contribution is -2.28. The molecule has 4 nitrogen and oxygen atoms in total. The van der Waals surface area contributed by atoms with Gasteiger partial charge >= 0.3 is 0 Å². The lowest BCUT2D eigenvalue weighted by molar-refractivity contribution is 0.00913. The summed E-state index contributed by atoms with van der Waals surface area (Å²) in [7, 11) is 0. The zero-order valence-electron chi connectivity index (χ0n) is 13.3. The number of ether oxygens (including phenoxy) is 1. The summed E-state index contributed by atoms with van der Waals surface area (Å²) >= 11 is 3.70. The van der Waals surface area contributed by atoms with Crippen molar-refractivity contribution in [3.63, 3.8) is 0 Å². The highest BCUT2D eigenvalue weighted by molar-refractivity contribution is 9.10. The largest absolute Gasteiger partial charge is 0.378 e. The van der Waals surface area contributed by atoms with Gasteiger partial charge < -0.3 is 10.5 Å². The lowest BCUT2D eigenvalue weighted by Gasteiger charge is -2.23. The normalized spacial score (nSPS) is 20.7. The summed E-state index contributed by atoms with van der Waals surface area (Å²) in [6, 6.07) is 0.179. The quantitative estimate of drug-likeness (QED) is 0.812. The Morgan fingerprint density at radius 2 is 2.24 bits per heavy atom. The summed E-state index contributed by atoms with van der Waals surface area (Å²) < 4.78 is 9.02. The number of hydrogen-bond donors (Lipinski definition) is 1. The second-order valence-electron chi connectivity index (χ2n) is 5.91. The van der Waals surface area contributed by atoms with Crippen molar-refractivity contribution in [2.24, 2.45) is 5.73 Å². The first kappa shape index (κ1) is 17.0. The Bertz CT molecular complexity index is 441. The van der Waals surface area contributed by atoms with E-state index in [2.05, 4.69) is 39.6 Å². The predicted octanol–water partition coefficient (Wildman–Crippen LogP) is 3.45. The molecule has 0 radical (unpaired) electrons. The molecule has 1 aromatic heterocycles. The Morgan fingerprint density at radius 1 is 1.43 bits per heavy atom. The van der Waals surface area contributed by atoms with Crippen LogP contribution in [0.5, 0.6) is 0 Å². The number of halogens is 1. The lowest BCUT2D eigenvalue weighted by atomic mass is 9.99. The van der Waals surface area contributed by atoms with Gasteiger partial charge in [0.2, 0.25) is 0 Å². The molecule has 1 saturated heterocycles. The summed E-state index contributed by atoms with van der Waals surface area (Å²) in [6.07, 6.45) is 8.07. The molecule has 1 aromatic rings. The van der Waals surface area contributed by atoms with E-state index in [9.17, 15) is 0 Å². The van der Waals surface area contributed by atoms with Gasteiger partial charge in [-0.2, -0.15) is 5.10 Å². The number of aryl methyl sites for hydroxylation is 2. The fourth-order valence-electron chi connectivity index (χ4n) is 3.00. The minimum atomic E-state index is 0.179. The van der Waals surface area contributed by atoms with Crippen molar-refractivity contribution in [1.29, 1.82) is 0 Å². The smallest absolute Gasteiger partial charge is 0.0766 e. The molecular formula is C16H28BrN3O. The Hall–Kier alpha value is -0.390. The minimum Gasteiger partial charge on any atom is -0.378 e. The molecule has 2 heterocycles. The molecule has 2 N–H and O–H groups in total. The van der Waals surface area contributed by atoms with Crippen molar-refractivity contribution < 1.29 is 4.74 Å². The van der Waals surface area contributed by atoms with Gasteiger partial charge in [0.15, 0.2) is 0 Å². The van der Waals surface area contributed by atoms with Crippen LogP contribution < -0.4 is 5.73 Å². The van der Waals surface area contributed by atoms with Crippen molar-refractivity contribution in [3.05, 3.63) is 15.9 Å². The van der Waals surface area contributed by atoms with Gasteiger partial charge in [0.05, 0.1) is 22.0 Å². The van der Waals surface area contributed by atoms with Gasteiger partial charge in [-0.1, -0.05) is 6.92 Å². The topological polar surface area (TPSA) is 53.1 Å². The molecule has 0 aliphatic carbocycles. The molecule has 0 bridgehead atoms. The molecule has 0 amide bonds. The molecule has 21 heavy (non-hydrogen) atoms. The van der Waals surface area contributed by atoms with Gasteiger partial charge in [0, 0.05) is 25.6 Å². The van der Waals surface area contributed by atoms with Crippen LogP contribution in [0.4, 0.5) is 0 Å². The molecule has 0 spiro atoms. The summed E-state index contributed by atoms with van der Waals surface area (Å²) in [5, 5.41) is 4.64. The molecule has 1 fully saturated rings. The van der Waals surface area contributed by atoms with Crippen molar-refractivity contribution >= 4 is 15.9 Å². The van der Waals surface area contributed by atoms with E-state index in [0.29, 0.717) is 6.10 Å². The SMILES string of the molecule is CCc1nn(CC)c(CC(N)CCC2CCCCO2)c1Br. The molecule has 5 heteroatoms. The predicted molar refractivity (Wildman–Crippen MR) is 89.5 cm³/mol. The van der Waals surface area contributed by atoms with Crippen molar-refractivity contribution in [3.8, 4) is 0 Å². The molecule has 2 atom stereocenters. The van der Waals surface area contributed by atoms with E-state index in [-0.39, 0.29) is 6.04 Å². The van der Waals surface area contributed by atoms with E-state index in [1.807, 2.05) is 0 Å². The zero-order valence-corrected chi connectivity index (χ0v) is 14.9. The van der Waals surface area contributed by atoms with Crippen molar-refractivity contribution in [2.45, 2.75) is 77.5 Å². The average Bonchev–Trinajstić information content (AvgIpc) is 2.82. The highest BCUT2D eigenvalue weighted by atomic mass is 79.9. The molecule has 1 aliphatic heterocycles. The van der Waals surface area contributed by atoms with Crippen LogP contribution in [0.1, 0.15) is 57.3 Å². The first-order chi connectivity index (χ1) is 10.2. The average molecular weight is 358 g/mol. The second-order valence-corrected chi connectivity index (χ2v) is 6.70. The molecule has 0 aromatic carbocycles. The summed E-state index contributed by atoms with van der Waals surface area (Å²) in [5.74, 6) is 0. The molecular weight excluding hydrogens is 330 g/mol. The maximum Gasteiger partial charge on any atom is 0.0766 e. The first-order valence-electron chi connectivity index (χ1n) is 8.26. The molecule has 1 aliphatic rings. The van der Waals surface area contributed by atoms with Gasteiger partial charge in [-0.25, -0.2) is 0 Å². The van der Waals surface area contributed by atoms with Crippen LogP contribution >= 0.6 is 15.9 Å². The minimum absolute atomic E-state index is 0.179. The molecule has 0 saturated carbocycles. The van der Waals surface area contributed by atoms with E-state index >= 15 is 0 Å². The fraction of sp³-hybridized carbons (Fsp3) is 0.812. The Kier molecular flexibility index (Phi) is 6.71. The zero-order chi connectivity index (χ0) is 15.2. The number of aromatic nitrogens is 2. The monoisotopic (exact) mass is 357 g/mol. The van der Waals surface area contributed by atoms with Gasteiger partial charge in [-0.05, 0) is 61.4 Å². The van der Waals surface area contributed by atoms with Gasteiger partial charge in [-0.15, -0.1) is 0 Å². The van der Waals surface area contributed by atoms with Crippen LogP contribution in [-0.4, -0.2) is 28.5 Å². The van der Waals surface area contributed by atoms with Crippen LogP contribution in [0.15, 0.2) is 4.47 Å². The first-order valence-corrected chi connectivity index (χ1v) is 9.06. The van der Waals surface area contributed by atoms with Crippen LogP contribution in [0.25, 0.3) is 0 Å². The van der Waals surface area contributed by atoms with Crippen LogP contribution in [0.2, 0.25) is 0 Å². The van der Waals surface area contributed by atoms with Crippen LogP contribution in [0, 0.1) is 0 Å². The molecule has 2 unspecified atom stereocenters. The van der Waals surface area contributed by atoms with Crippen LogP contribution in [-0.2, 0) is 24.1 Å². The third-order valence-corrected chi connectivity index (χ3v) is 5.20. The van der Waals surface area contributed by atoms with E-state index < -0.39 is 0 Å². The maximum atomic E-state index is 6.35. The van der Waals surface area contributed by atoms with Crippen molar-refractivity contribution in [1.82, 2.24) is 9.78 Å². The van der Waals surface area contributed by atoms with Crippen LogP contribution in [0.3, 0.4) is 0 Å². The van der Waals surface area contributed by atoms with E-state index in [4.69, 9.17) is 10.5 Å². The standard InChI is InChI=1S/C16H28BrN3O/c1-3-14-16(17)15(20(4-2)19-14)11-12(18)8-9-13-7-5-6-10-21-13/h12-13H,3-11,18H2,1-2H3. The Labute approximate surface area is 136 Å². The molecule has 2 rings (SSSR count). The Balaban J connectivity index is 1.89. The summed E-state index contributed by atoms with van der Waals surface area (Å²) in [6.45, 7) is 6.08. The summed E-state index contributed by atoms with van der Waals surface area (Å²) in [5.41, 5.74) is 8.72. The third-order valence-electron chi connectivity index (χ3n) is 4.28. The van der Waals surface area contributed by atoms with E-state index in [1.165, 1.54) is 25.0 Å². The highest BCUT2D eigenvalue weighted by Gasteiger charge is 2.19. The number of nitrogens with zero attached hydrogens (tertiary/aromatic N) is 2. The van der Waals surface area contributed by atoms with Gasteiger partial charge in [0.1, 0.15) is 0 Å². The highest BCUT2D eigenvalue weighted by Crippen LogP contribution is 2.24. The number of nitrogens with two attached hydrogens (primary N) is 1. The van der Waals surface area contributed by atoms with Gasteiger partial charge in [-0.3, -0.25) is 4.68 Å². The number of hydrogen-bond acceptors (Lipinski definition) is 3. The van der Waals surface area contributed by atoms with Gasteiger partial charge in [0.25, 0.3) is 0 Å². The van der Waals surface area contributed by atoms with E-state index in [1.54, 1.807) is 0 Å². The second kappa shape index (κ2) is 8.30. The third kappa shape index (κ3) is 4.54. The number of rotatable bonds is 7. The Morgan fingerprint density at radius 3 is 2.86 bits per heavy atom. The van der Waals surface area contributed by atoms with Crippen molar-refractivity contribution in [2.75, 3.05) is 6.61 Å². The maximum absolute atomic E-state index is 6.35. The fourth-order valence-corrected chi connectivity index (χ4v) is 3.72.